The summed E-state index contributed by atoms with van der Waals surface area (Å²) >= 11 is 3.11. The Morgan fingerprint density at radius 1 is 1.24 bits per heavy atom. The number of fused-ring (bicyclic) bond motifs is 1. The molecule has 1 amide bonds. The summed E-state index contributed by atoms with van der Waals surface area (Å²) in [7, 11) is 0. The summed E-state index contributed by atoms with van der Waals surface area (Å²) in [5.41, 5.74) is 3.39. The molecule has 0 spiro atoms. The van der Waals surface area contributed by atoms with Gasteiger partial charge in [-0.1, -0.05) is 20.8 Å². The van der Waals surface area contributed by atoms with Crippen molar-refractivity contribution in [3.63, 3.8) is 0 Å². The first-order valence-corrected chi connectivity index (χ1v) is 12.6. The number of H-pyrrole nitrogens is 1. The van der Waals surface area contributed by atoms with Crippen LogP contribution in [0.2, 0.25) is 0 Å². The Bertz CT molecular complexity index is 1310. The number of amides is 1. The molecule has 2 N–H and O–H groups in total. The van der Waals surface area contributed by atoms with Gasteiger partial charge in [-0.2, -0.15) is 0 Å². The second-order valence-electron chi connectivity index (χ2n) is 9.39. The Kier molecular flexibility index (Phi) is 6.50. The summed E-state index contributed by atoms with van der Waals surface area (Å²) in [6.45, 7) is 10.3. The smallest absolute Gasteiger partial charge is 0.255 e. The van der Waals surface area contributed by atoms with E-state index in [0.717, 1.165) is 11.3 Å². The molecule has 0 unspecified atom stereocenters. The zero-order valence-electron chi connectivity index (χ0n) is 19.5. The van der Waals surface area contributed by atoms with E-state index in [2.05, 4.69) is 54.4 Å². The lowest BCUT2D eigenvalue weighted by Crippen LogP contribution is -2.41. The fourth-order valence-corrected chi connectivity index (χ4v) is 5.09. The summed E-state index contributed by atoms with van der Waals surface area (Å²) in [5, 5.41) is 5.16. The highest BCUT2D eigenvalue weighted by Crippen LogP contribution is 2.29. The normalized spacial score (nSPS) is 12.8. The Hall–Kier alpha value is -2.84. The monoisotopic (exact) mass is 480 g/mol. The third-order valence-corrected chi connectivity index (χ3v) is 8.05. The fraction of sp³-hybridized carbons (Fsp3) is 0.360. The molecule has 1 atom stereocenters. The van der Waals surface area contributed by atoms with Crippen LogP contribution in [0.1, 0.15) is 64.6 Å². The van der Waals surface area contributed by atoms with E-state index in [4.69, 9.17) is 4.98 Å². The second kappa shape index (κ2) is 9.19. The van der Waals surface area contributed by atoms with E-state index in [1.165, 1.54) is 21.8 Å². The number of aromatic amines is 1. The average molecular weight is 481 g/mol. The molecule has 0 fully saturated rings. The summed E-state index contributed by atoms with van der Waals surface area (Å²) in [4.78, 5) is 40.5. The number of carbonyl (C=O) groups is 2. The molecule has 0 saturated heterocycles. The van der Waals surface area contributed by atoms with E-state index in [1.807, 2.05) is 19.1 Å². The molecule has 0 aromatic carbocycles. The summed E-state index contributed by atoms with van der Waals surface area (Å²) < 4.78 is 0. The molecular weight excluding hydrogens is 452 g/mol. The van der Waals surface area contributed by atoms with Gasteiger partial charge in [-0.15, -0.1) is 22.7 Å². The van der Waals surface area contributed by atoms with E-state index in [9.17, 15) is 9.59 Å². The molecule has 0 radical (unpaired) electrons. The molecule has 0 aliphatic heterocycles. The van der Waals surface area contributed by atoms with Crippen LogP contribution in [0, 0.1) is 12.3 Å². The summed E-state index contributed by atoms with van der Waals surface area (Å²) in [6, 6.07) is 5.88. The van der Waals surface area contributed by atoms with Gasteiger partial charge in [0.25, 0.3) is 5.91 Å². The third kappa shape index (κ3) is 5.23. The number of rotatable bonds is 7. The highest BCUT2D eigenvalue weighted by Gasteiger charge is 2.24. The Balaban J connectivity index is 1.52. The van der Waals surface area contributed by atoms with Crippen LogP contribution in [0.4, 0.5) is 0 Å². The van der Waals surface area contributed by atoms with Gasteiger partial charge in [0.2, 0.25) is 0 Å². The van der Waals surface area contributed by atoms with Crippen LogP contribution in [-0.2, 0) is 6.42 Å². The van der Waals surface area contributed by atoms with E-state index in [-0.39, 0.29) is 23.1 Å². The van der Waals surface area contributed by atoms with Gasteiger partial charge in [-0.3, -0.25) is 9.59 Å². The van der Waals surface area contributed by atoms with E-state index >= 15 is 0 Å². The lowest BCUT2D eigenvalue weighted by molar-refractivity contribution is 0.0911. The first-order valence-electron chi connectivity index (χ1n) is 10.9. The largest absolute Gasteiger partial charge is 0.349 e. The topological polar surface area (TPSA) is 87.7 Å². The third-order valence-electron chi connectivity index (χ3n) is 5.79. The zero-order chi connectivity index (χ0) is 23.8. The molecule has 8 heteroatoms. The van der Waals surface area contributed by atoms with Crippen molar-refractivity contribution in [3.05, 3.63) is 56.9 Å². The average Bonchev–Trinajstić information content (AvgIpc) is 3.50. The van der Waals surface area contributed by atoms with Crippen molar-refractivity contribution in [1.82, 2.24) is 20.3 Å². The summed E-state index contributed by atoms with van der Waals surface area (Å²) in [5.74, 6) is -0.0507. The van der Waals surface area contributed by atoms with Gasteiger partial charge in [0, 0.05) is 23.5 Å². The molecule has 0 saturated carbocycles. The zero-order valence-corrected chi connectivity index (χ0v) is 21.1. The van der Waals surface area contributed by atoms with Crippen LogP contribution >= 0.6 is 22.7 Å². The first kappa shape index (κ1) is 23.3. The predicted molar refractivity (Wildman–Crippen MR) is 135 cm³/mol. The standard InChI is InChI=1S/C25H28N4O2S2/c1-14-10-16(32-13-14)6-7-19(30)21-9-8-20(33-21)18-12-27-23-22(29-18)17(11-26-23)24(31)28-15(2)25(3,4)5/h8-13,15H,6-7H2,1-5H3,(H,26,27)(H,28,31)/t15-/m0/s1. The maximum absolute atomic E-state index is 12.9. The maximum Gasteiger partial charge on any atom is 0.255 e. The number of Topliss-reactive ketones (excluding diaryl/α,β-unsaturated/α-hetero) is 1. The highest BCUT2D eigenvalue weighted by atomic mass is 32.1. The lowest BCUT2D eigenvalue weighted by atomic mass is 9.88. The lowest BCUT2D eigenvalue weighted by Gasteiger charge is -2.27. The molecule has 6 nitrogen and oxygen atoms in total. The molecule has 0 aliphatic rings. The SMILES string of the molecule is Cc1csc(CCC(=O)c2ccc(-c3cnc4[nH]cc(C(=O)N[C@@H](C)C(C)(C)C)c4n3)s2)c1. The van der Waals surface area contributed by atoms with Crippen LogP contribution < -0.4 is 5.32 Å². The van der Waals surface area contributed by atoms with Gasteiger partial charge in [0.1, 0.15) is 5.52 Å². The van der Waals surface area contributed by atoms with Crippen molar-refractivity contribution < 1.29 is 9.59 Å². The van der Waals surface area contributed by atoms with Gasteiger partial charge < -0.3 is 10.3 Å². The molecule has 4 aromatic rings. The molecular formula is C25H28N4O2S2. The number of aromatic nitrogens is 3. The molecule has 4 heterocycles. The highest BCUT2D eigenvalue weighted by molar-refractivity contribution is 7.17. The Morgan fingerprint density at radius 3 is 2.73 bits per heavy atom. The Labute approximate surface area is 201 Å². The van der Waals surface area contributed by atoms with Crippen LogP contribution in [0.15, 0.2) is 36.0 Å². The molecule has 0 aliphatic carbocycles. The second-order valence-corrected chi connectivity index (χ2v) is 11.5. The van der Waals surface area contributed by atoms with Gasteiger partial charge in [-0.05, 0) is 54.8 Å². The predicted octanol–water partition coefficient (Wildman–Crippen LogP) is 6.04. The van der Waals surface area contributed by atoms with Crippen molar-refractivity contribution in [2.24, 2.45) is 5.41 Å². The number of aryl methyl sites for hydroxylation is 2. The number of hydrogen-bond acceptors (Lipinski definition) is 6. The van der Waals surface area contributed by atoms with Gasteiger partial charge in [-0.25, -0.2) is 9.97 Å². The van der Waals surface area contributed by atoms with Gasteiger partial charge >= 0.3 is 0 Å². The van der Waals surface area contributed by atoms with Crippen molar-refractivity contribution >= 4 is 45.5 Å². The number of nitrogens with zero attached hydrogens (tertiary/aromatic N) is 2. The minimum absolute atomic E-state index is 0.00458. The van der Waals surface area contributed by atoms with Gasteiger partial charge in [0.15, 0.2) is 11.4 Å². The molecule has 172 valence electrons. The van der Waals surface area contributed by atoms with Crippen LogP contribution in [-0.4, -0.2) is 32.7 Å². The maximum atomic E-state index is 12.9. The molecule has 33 heavy (non-hydrogen) atoms. The van der Waals surface area contributed by atoms with Crippen molar-refractivity contribution in [1.29, 1.82) is 0 Å². The van der Waals surface area contributed by atoms with E-state index in [0.29, 0.717) is 33.7 Å². The number of hydrogen-bond donors (Lipinski definition) is 2. The number of nitrogens with one attached hydrogen (secondary N) is 2. The fourth-order valence-electron chi connectivity index (χ4n) is 3.28. The van der Waals surface area contributed by atoms with Crippen molar-refractivity contribution in [3.8, 4) is 10.6 Å². The molecule has 4 aromatic heterocycles. The van der Waals surface area contributed by atoms with Crippen molar-refractivity contribution in [2.75, 3.05) is 0 Å². The van der Waals surface area contributed by atoms with Crippen molar-refractivity contribution in [2.45, 2.75) is 53.5 Å². The van der Waals surface area contributed by atoms with Crippen LogP contribution in [0.5, 0.6) is 0 Å². The number of carbonyl (C=O) groups excluding carboxylic acids is 2. The minimum Gasteiger partial charge on any atom is -0.349 e. The van der Waals surface area contributed by atoms with Crippen LogP contribution in [0.25, 0.3) is 21.7 Å². The van der Waals surface area contributed by atoms with Crippen LogP contribution in [0.3, 0.4) is 0 Å². The minimum atomic E-state index is -0.180. The number of thiophene rings is 2. The Morgan fingerprint density at radius 2 is 2.03 bits per heavy atom. The van der Waals surface area contributed by atoms with E-state index in [1.54, 1.807) is 23.7 Å². The van der Waals surface area contributed by atoms with E-state index < -0.39 is 0 Å². The quantitative estimate of drug-likeness (QED) is 0.316. The molecule has 4 rings (SSSR count). The summed E-state index contributed by atoms with van der Waals surface area (Å²) in [6.07, 6.45) is 4.56. The first-order chi connectivity index (χ1) is 15.6. The molecule has 0 bridgehead atoms. The van der Waals surface area contributed by atoms with Gasteiger partial charge in [0.05, 0.1) is 27.2 Å². The number of ketones is 1.